The highest BCUT2D eigenvalue weighted by Crippen LogP contribution is 2.20. The standard InChI is InChI=1S/C23H23N3O4/c27-21-13-12-20(24-26(21)19-6-2-1-3-7-19)23(29)30-16-17-8-10-18(11-9-17)22(28)25-14-4-5-15-25/h1-3,6-11H,4-5,12-16H2. The number of rotatable bonds is 5. The summed E-state index contributed by atoms with van der Waals surface area (Å²) in [6, 6.07) is 16.1. The minimum Gasteiger partial charge on any atom is -0.456 e. The van der Waals surface area contributed by atoms with Gasteiger partial charge in [-0.25, -0.2) is 9.80 Å². The van der Waals surface area contributed by atoms with Gasteiger partial charge < -0.3 is 9.64 Å². The van der Waals surface area contributed by atoms with Gasteiger partial charge in [-0.2, -0.15) is 5.10 Å². The Kier molecular flexibility index (Phi) is 5.88. The monoisotopic (exact) mass is 405 g/mol. The highest BCUT2D eigenvalue weighted by molar-refractivity contribution is 6.37. The quantitative estimate of drug-likeness (QED) is 0.716. The molecule has 7 heteroatoms. The fourth-order valence-corrected chi connectivity index (χ4v) is 3.55. The molecule has 0 aliphatic carbocycles. The van der Waals surface area contributed by atoms with Crippen molar-refractivity contribution in [3.63, 3.8) is 0 Å². The van der Waals surface area contributed by atoms with Crippen molar-refractivity contribution in [2.75, 3.05) is 18.1 Å². The van der Waals surface area contributed by atoms with Gasteiger partial charge in [-0.15, -0.1) is 0 Å². The SMILES string of the molecule is O=C(OCc1ccc(C(=O)N2CCCC2)cc1)C1=NN(c2ccccc2)C(=O)CC1. The Morgan fingerprint density at radius 3 is 2.33 bits per heavy atom. The minimum atomic E-state index is -0.541. The number of benzene rings is 2. The lowest BCUT2D eigenvalue weighted by Crippen LogP contribution is -2.34. The van der Waals surface area contributed by atoms with Crippen LogP contribution in [0.3, 0.4) is 0 Å². The van der Waals surface area contributed by atoms with E-state index < -0.39 is 5.97 Å². The lowest BCUT2D eigenvalue weighted by molar-refractivity contribution is -0.137. The molecule has 2 aliphatic rings. The lowest BCUT2D eigenvalue weighted by atomic mass is 10.1. The molecule has 0 N–H and O–H groups in total. The number of amides is 2. The van der Waals surface area contributed by atoms with Crippen LogP contribution < -0.4 is 5.01 Å². The van der Waals surface area contributed by atoms with Crippen LogP contribution in [-0.4, -0.2) is 41.5 Å². The summed E-state index contributed by atoms with van der Waals surface area (Å²) in [5, 5.41) is 5.45. The van der Waals surface area contributed by atoms with Crippen LogP contribution in [0, 0.1) is 0 Å². The van der Waals surface area contributed by atoms with Gasteiger partial charge in [0.1, 0.15) is 12.3 Å². The second-order valence-electron chi connectivity index (χ2n) is 7.36. The van der Waals surface area contributed by atoms with Crippen molar-refractivity contribution < 1.29 is 19.1 Å². The molecule has 0 atom stereocenters. The van der Waals surface area contributed by atoms with E-state index in [0.717, 1.165) is 31.5 Å². The van der Waals surface area contributed by atoms with Crippen LogP contribution in [0.25, 0.3) is 0 Å². The number of likely N-dealkylation sites (tertiary alicyclic amines) is 1. The number of carbonyl (C=O) groups excluding carboxylic acids is 3. The highest BCUT2D eigenvalue weighted by Gasteiger charge is 2.26. The Bertz CT molecular complexity index is 964. The molecule has 0 bridgehead atoms. The fourth-order valence-electron chi connectivity index (χ4n) is 3.55. The predicted molar refractivity (Wildman–Crippen MR) is 112 cm³/mol. The molecule has 7 nitrogen and oxygen atoms in total. The minimum absolute atomic E-state index is 0.0401. The van der Waals surface area contributed by atoms with Gasteiger partial charge in [0.15, 0.2) is 0 Å². The number of para-hydroxylation sites is 1. The second kappa shape index (κ2) is 8.90. The largest absolute Gasteiger partial charge is 0.456 e. The number of ether oxygens (including phenoxy) is 1. The molecule has 1 fully saturated rings. The molecule has 0 saturated carbocycles. The first kappa shape index (κ1) is 19.8. The van der Waals surface area contributed by atoms with Crippen molar-refractivity contribution in [1.29, 1.82) is 0 Å². The molecule has 2 heterocycles. The van der Waals surface area contributed by atoms with Crippen LogP contribution >= 0.6 is 0 Å². The highest BCUT2D eigenvalue weighted by atomic mass is 16.5. The first-order chi connectivity index (χ1) is 14.6. The van der Waals surface area contributed by atoms with Crippen LogP contribution in [0.2, 0.25) is 0 Å². The first-order valence-electron chi connectivity index (χ1n) is 10.1. The van der Waals surface area contributed by atoms with Gasteiger partial charge in [0.25, 0.3) is 5.91 Å². The van der Waals surface area contributed by atoms with E-state index in [1.54, 1.807) is 36.4 Å². The third-order valence-corrected chi connectivity index (χ3v) is 5.23. The summed E-state index contributed by atoms with van der Waals surface area (Å²) in [7, 11) is 0. The number of hydrogen-bond acceptors (Lipinski definition) is 5. The van der Waals surface area contributed by atoms with Crippen LogP contribution in [0.1, 0.15) is 41.6 Å². The van der Waals surface area contributed by atoms with Gasteiger partial charge in [-0.05, 0) is 42.7 Å². The smallest absolute Gasteiger partial charge is 0.354 e. The molecule has 2 aromatic rings. The predicted octanol–water partition coefficient (Wildman–Crippen LogP) is 3.15. The van der Waals surface area contributed by atoms with Gasteiger partial charge in [0, 0.05) is 31.5 Å². The van der Waals surface area contributed by atoms with Crippen LogP contribution in [0.15, 0.2) is 59.7 Å². The van der Waals surface area contributed by atoms with Crippen LogP contribution in [-0.2, 0) is 20.9 Å². The Morgan fingerprint density at radius 2 is 1.63 bits per heavy atom. The Labute approximate surface area is 174 Å². The van der Waals surface area contributed by atoms with Crippen molar-refractivity contribution in [3.05, 3.63) is 65.7 Å². The van der Waals surface area contributed by atoms with Crippen LogP contribution in [0.5, 0.6) is 0 Å². The average Bonchev–Trinajstić information content (AvgIpc) is 3.33. The van der Waals surface area contributed by atoms with Crippen LogP contribution in [0.4, 0.5) is 5.69 Å². The molecule has 30 heavy (non-hydrogen) atoms. The molecule has 0 aromatic heterocycles. The van der Waals surface area contributed by atoms with E-state index in [1.807, 2.05) is 23.1 Å². The summed E-state index contributed by atoms with van der Waals surface area (Å²) in [5.41, 5.74) is 2.26. The molecule has 1 saturated heterocycles. The van der Waals surface area contributed by atoms with Crippen molar-refractivity contribution in [2.45, 2.75) is 32.3 Å². The van der Waals surface area contributed by atoms with Crippen molar-refractivity contribution in [1.82, 2.24) is 4.90 Å². The average molecular weight is 405 g/mol. The number of nitrogens with zero attached hydrogens (tertiary/aromatic N) is 3. The van der Waals surface area contributed by atoms with Gasteiger partial charge in [-0.1, -0.05) is 30.3 Å². The van der Waals surface area contributed by atoms with E-state index in [-0.39, 0.29) is 37.0 Å². The Morgan fingerprint density at radius 1 is 0.933 bits per heavy atom. The molecular weight excluding hydrogens is 382 g/mol. The second-order valence-corrected chi connectivity index (χ2v) is 7.36. The summed E-state index contributed by atoms with van der Waals surface area (Å²) in [4.78, 5) is 38.9. The Balaban J connectivity index is 1.37. The summed E-state index contributed by atoms with van der Waals surface area (Å²) in [6.07, 6.45) is 2.56. The molecule has 0 radical (unpaired) electrons. The summed E-state index contributed by atoms with van der Waals surface area (Å²) >= 11 is 0. The van der Waals surface area contributed by atoms with E-state index in [4.69, 9.17) is 4.74 Å². The maximum Gasteiger partial charge on any atom is 0.354 e. The lowest BCUT2D eigenvalue weighted by Gasteiger charge is -2.22. The summed E-state index contributed by atoms with van der Waals surface area (Å²) < 4.78 is 5.38. The van der Waals surface area contributed by atoms with E-state index in [0.29, 0.717) is 11.3 Å². The normalized spacial score (nSPS) is 16.4. The van der Waals surface area contributed by atoms with Crippen molar-refractivity contribution in [2.24, 2.45) is 5.10 Å². The van der Waals surface area contributed by atoms with Gasteiger partial charge >= 0.3 is 5.97 Å². The molecule has 154 valence electrons. The molecule has 2 amide bonds. The van der Waals surface area contributed by atoms with Gasteiger partial charge in [0.05, 0.1) is 5.69 Å². The number of esters is 1. The van der Waals surface area contributed by atoms with Crippen molar-refractivity contribution >= 4 is 29.2 Å². The van der Waals surface area contributed by atoms with Gasteiger partial charge in [-0.3, -0.25) is 9.59 Å². The number of anilines is 1. The van der Waals surface area contributed by atoms with E-state index in [9.17, 15) is 14.4 Å². The number of carbonyl (C=O) groups is 3. The fraction of sp³-hybridized carbons (Fsp3) is 0.304. The first-order valence-corrected chi connectivity index (χ1v) is 10.1. The number of hydrazone groups is 1. The zero-order valence-electron chi connectivity index (χ0n) is 16.6. The molecular formula is C23H23N3O4. The third-order valence-electron chi connectivity index (χ3n) is 5.23. The number of hydrogen-bond donors (Lipinski definition) is 0. The molecule has 2 aromatic carbocycles. The Hall–Kier alpha value is -3.48. The zero-order chi connectivity index (χ0) is 20.9. The van der Waals surface area contributed by atoms with Gasteiger partial charge in [0.2, 0.25) is 5.91 Å². The van der Waals surface area contributed by atoms with E-state index in [1.165, 1.54) is 5.01 Å². The van der Waals surface area contributed by atoms with E-state index >= 15 is 0 Å². The topological polar surface area (TPSA) is 79.3 Å². The zero-order valence-corrected chi connectivity index (χ0v) is 16.6. The molecule has 4 rings (SSSR count). The molecule has 2 aliphatic heterocycles. The summed E-state index contributed by atoms with van der Waals surface area (Å²) in [6.45, 7) is 1.70. The molecule has 0 spiro atoms. The van der Waals surface area contributed by atoms with Crippen molar-refractivity contribution in [3.8, 4) is 0 Å². The summed E-state index contributed by atoms with van der Waals surface area (Å²) in [5.74, 6) is -0.657. The van der Waals surface area contributed by atoms with E-state index in [2.05, 4.69) is 5.10 Å². The maximum atomic E-state index is 12.5. The third kappa shape index (κ3) is 4.40. The maximum absolute atomic E-state index is 12.5. The molecule has 0 unspecified atom stereocenters.